The number of nitrogens with two attached hydrogens (primary N) is 1. The van der Waals surface area contributed by atoms with Crippen LogP contribution in [0.5, 0.6) is 0 Å². The molecule has 1 fully saturated rings. The third kappa shape index (κ3) is 1.94. The van der Waals surface area contributed by atoms with Gasteiger partial charge in [0.15, 0.2) is 0 Å². The fourth-order valence-corrected chi connectivity index (χ4v) is 1.34. The van der Waals surface area contributed by atoms with E-state index in [0.29, 0.717) is 0 Å². The second-order valence-corrected chi connectivity index (χ2v) is 2.87. The van der Waals surface area contributed by atoms with E-state index in [1.54, 1.807) is 0 Å². The number of amidine groups is 1. The lowest BCUT2D eigenvalue weighted by atomic mass is 9.93. The first-order valence-electron chi connectivity index (χ1n) is 3.98. The van der Waals surface area contributed by atoms with E-state index in [1.165, 1.54) is 0 Å². The minimum absolute atomic E-state index is 0.0675. The second kappa shape index (κ2) is 4.06. The molecule has 0 atom stereocenters. The Morgan fingerprint density at radius 1 is 1.50 bits per heavy atom. The summed E-state index contributed by atoms with van der Waals surface area (Å²) in [6.07, 6.45) is 1.55. The molecule has 0 aliphatic carbocycles. The van der Waals surface area contributed by atoms with Gasteiger partial charge in [-0.1, -0.05) is 5.16 Å². The van der Waals surface area contributed by atoms with Crippen molar-refractivity contribution in [1.82, 2.24) is 5.32 Å². The molecule has 0 saturated carbocycles. The number of oxime groups is 1. The van der Waals surface area contributed by atoms with Crippen LogP contribution >= 0.6 is 0 Å². The molecule has 0 aromatic carbocycles. The Bertz CT molecular complexity index is 197. The zero-order valence-electron chi connectivity index (χ0n) is 6.79. The van der Waals surface area contributed by atoms with E-state index < -0.39 is 0 Å². The minimum atomic E-state index is -0.276. The Morgan fingerprint density at radius 2 is 2.08 bits per heavy atom. The summed E-state index contributed by atoms with van der Waals surface area (Å²) in [5, 5.41) is 14.1. The topological polar surface area (TPSA) is 87.7 Å². The van der Waals surface area contributed by atoms with Gasteiger partial charge in [0, 0.05) is 5.92 Å². The van der Waals surface area contributed by atoms with Gasteiger partial charge in [-0.15, -0.1) is 0 Å². The fourth-order valence-electron chi connectivity index (χ4n) is 1.34. The number of carbonyl (C=O) groups is 1. The summed E-state index contributed by atoms with van der Waals surface area (Å²) in [4.78, 5) is 11.3. The van der Waals surface area contributed by atoms with Crippen molar-refractivity contribution in [3.8, 4) is 0 Å². The van der Waals surface area contributed by atoms with E-state index >= 15 is 0 Å². The predicted octanol–water partition coefficient (Wildman–Crippen LogP) is -0.699. The van der Waals surface area contributed by atoms with Crippen LogP contribution in [0.1, 0.15) is 12.8 Å². The Hall–Kier alpha value is -1.10. The highest BCUT2D eigenvalue weighted by atomic mass is 16.4. The van der Waals surface area contributed by atoms with Gasteiger partial charge in [0.2, 0.25) is 11.6 Å². The second-order valence-electron chi connectivity index (χ2n) is 2.87. The van der Waals surface area contributed by atoms with Gasteiger partial charge >= 0.3 is 0 Å². The minimum Gasteiger partial charge on any atom is -0.409 e. The first-order chi connectivity index (χ1) is 5.75. The first-order valence-corrected chi connectivity index (χ1v) is 3.98. The fraction of sp³-hybridized carbons (Fsp3) is 0.714. The van der Waals surface area contributed by atoms with Crippen molar-refractivity contribution < 1.29 is 10.0 Å². The van der Waals surface area contributed by atoms with E-state index in [9.17, 15) is 4.79 Å². The van der Waals surface area contributed by atoms with Gasteiger partial charge in [-0.05, 0) is 25.9 Å². The number of Topliss-reactive ketones (excluding diaryl/α,β-unsaturated/α-hetero) is 1. The van der Waals surface area contributed by atoms with Gasteiger partial charge in [0.1, 0.15) is 0 Å². The molecule has 1 aliphatic heterocycles. The zero-order chi connectivity index (χ0) is 8.97. The van der Waals surface area contributed by atoms with E-state index in [4.69, 9.17) is 10.9 Å². The molecule has 5 nitrogen and oxygen atoms in total. The molecule has 0 unspecified atom stereocenters. The summed E-state index contributed by atoms with van der Waals surface area (Å²) in [5.41, 5.74) is 5.18. The van der Waals surface area contributed by atoms with Crippen molar-refractivity contribution in [2.24, 2.45) is 16.8 Å². The zero-order valence-corrected chi connectivity index (χ0v) is 6.79. The standard InChI is InChI=1S/C7H13N3O2/c8-7(10-12)6(11)5-1-3-9-4-2-5/h5,9,12H,1-4H2,(H2,8,10). The maximum absolute atomic E-state index is 11.3. The molecule has 0 amide bonds. The first kappa shape index (κ1) is 8.99. The smallest absolute Gasteiger partial charge is 0.206 e. The molecule has 0 spiro atoms. The van der Waals surface area contributed by atoms with E-state index in [-0.39, 0.29) is 17.5 Å². The Labute approximate surface area is 70.6 Å². The molecule has 1 saturated heterocycles. The summed E-state index contributed by atoms with van der Waals surface area (Å²) in [6, 6.07) is 0. The number of piperidine rings is 1. The highest BCUT2D eigenvalue weighted by Crippen LogP contribution is 2.12. The van der Waals surface area contributed by atoms with Crippen LogP contribution in [0.2, 0.25) is 0 Å². The van der Waals surface area contributed by atoms with Crippen LogP contribution in [0, 0.1) is 5.92 Å². The lowest BCUT2D eigenvalue weighted by Gasteiger charge is -2.20. The number of hydrogen-bond acceptors (Lipinski definition) is 4. The Morgan fingerprint density at radius 3 is 2.58 bits per heavy atom. The summed E-state index contributed by atoms with van der Waals surface area (Å²) in [7, 11) is 0. The van der Waals surface area contributed by atoms with Crippen molar-refractivity contribution in [2.45, 2.75) is 12.8 Å². The molecular formula is C7H13N3O2. The summed E-state index contributed by atoms with van der Waals surface area (Å²) < 4.78 is 0. The molecule has 0 aromatic heterocycles. The average Bonchev–Trinajstić information content (AvgIpc) is 2.17. The number of nitrogens with zero attached hydrogens (tertiary/aromatic N) is 1. The Balaban J connectivity index is 2.51. The van der Waals surface area contributed by atoms with Crippen LogP contribution in [0.25, 0.3) is 0 Å². The largest absolute Gasteiger partial charge is 0.409 e. The molecule has 12 heavy (non-hydrogen) atoms. The van der Waals surface area contributed by atoms with Crippen molar-refractivity contribution in [3.63, 3.8) is 0 Å². The van der Waals surface area contributed by atoms with Gasteiger partial charge in [-0.2, -0.15) is 0 Å². The Kier molecular flexibility index (Phi) is 3.04. The van der Waals surface area contributed by atoms with Crippen molar-refractivity contribution in [3.05, 3.63) is 0 Å². The van der Waals surface area contributed by atoms with Crippen LogP contribution in [-0.2, 0) is 4.79 Å². The van der Waals surface area contributed by atoms with E-state index in [2.05, 4.69) is 10.5 Å². The predicted molar refractivity (Wildman–Crippen MR) is 44.0 cm³/mol. The number of nitrogens with one attached hydrogen (secondary N) is 1. The number of hydrogen-bond donors (Lipinski definition) is 3. The van der Waals surface area contributed by atoms with E-state index in [1.807, 2.05) is 0 Å². The molecule has 0 bridgehead atoms. The van der Waals surface area contributed by atoms with Crippen molar-refractivity contribution in [2.75, 3.05) is 13.1 Å². The van der Waals surface area contributed by atoms with Crippen molar-refractivity contribution in [1.29, 1.82) is 0 Å². The number of carbonyl (C=O) groups excluding carboxylic acids is 1. The maximum Gasteiger partial charge on any atom is 0.206 e. The van der Waals surface area contributed by atoms with Crippen LogP contribution in [-0.4, -0.2) is 29.9 Å². The van der Waals surface area contributed by atoms with E-state index in [0.717, 1.165) is 25.9 Å². The molecule has 0 aromatic rings. The lowest BCUT2D eigenvalue weighted by Crippen LogP contribution is -2.37. The summed E-state index contributed by atoms with van der Waals surface area (Å²) in [6.45, 7) is 1.66. The van der Waals surface area contributed by atoms with Crippen LogP contribution in [0.15, 0.2) is 5.16 Å². The highest BCUT2D eigenvalue weighted by molar-refractivity contribution is 6.38. The third-order valence-electron chi connectivity index (χ3n) is 2.07. The number of rotatable bonds is 2. The number of ketones is 1. The molecule has 1 aliphatic rings. The van der Waals surface area contributed by atoms with Gasteiger partial charge < -0.3 is 16.3 Å². The van der Waals surface area contributed by atoms with Crippen LogP contribution < -0.4 is 11.1 Å². The summed E-state index contributed by atoms with van der Waals surface area (Å²) in [5.74, 6) is -0.581. The van der Waals surface area contributed by atoms with Crippen LogP contribution in [0.3, 0.4) is 0 Å². The molecule has 4 N–H and O–H groups in total. The molecule has 1 heterocycles. The molecule has 1 rings (SSSR count). The van der Waals surface area contributed by atoms with Crippen LogP contribution in [0.4, 0.5) is 0 Å². The molecule has 0 radical (unpaired) electrons. The van der Waals surface area contributed by atoms with Gasteiger partial charge in [-0.25, -0.2) is 0 Å². The highest BCUT2D eigenvalue weighted by Gasteiger charge is 2.23. The van der Waals surface area contributed by atoms with Gasteiger partial charge in [0.05, 0.1) is 0 Å². The maximum atomic E-state index is 11.3. The quantitative estimate of drug-likeness (QED) is 0.222. The lowest BCUT2D eigenvalue weighted by molar-refractivity contribution is -0.117. The summed E-state index contributed by atoms with van der Waals surface area (Å²) >= 11 is 0. The normalized spacial score (nSPS) is 20.8. The molecule has 5 heteroatoms. The average molecular weight is 171 g/mol. The van der Waals surface area contributed by atoms with Gasteiger partial charge in [-0.3, -0.25) is 4.79 Å². The molecular weight excluding hydrogens is 158 g/mol. The SMILES string of the molecule is N/C(=N\O)C(=O)C1CCNCC1. The van der Waals surface area contributed by atoms with Crippen molar-refractivity contribution >= 4 is 11.6 Å². The third-order valence-corrected chi connectivity index (χ3v) is 2.07. The molecule has 68 valence electrons. The monoisotopic (exact) mass is 171 g/mol. The van der Waals surface area contributed by atoms with Gasteiger partial charge in [0.25, 0.3) is 0 Å².